The van der Waals surface area contributed by atoms with Gasteiger partial charge < -0.3 is 4.74 Å². The third-order valence-corrected chi connectivity index (χ3v) is 5.97. The van der Waals surface area contributed by atoms with E-state index in [4.69, 9.17) is 16.3 Å². The second-order valence-electron chi connectivity index (χ2n) is 8.12. The number of esters is 1. The van der Waals surface area contributed by atoms with Crippen molar-refractivity contribution < 1.29 is 9.53 Å². The van der Waals surface area contributed by atoms with Crippen LogP contribution in [0.2, 0.25) is 5.02 Å². The summed E-state index contributed by atoms with van der Waals surface area (Å²) in [4.78, 5) is 16.7. The Morgan fingerprint density at radius 1 is 1.00 bits per heavy atom. The van der Waals surface area contributed by atoms with E-state index in [1.807, 2.05) is 19.1 Å². The molecule has 0 aliphatic rings. The summed E-state index contributed by atoms with van der Waals surface area (Å²) in [7, 11) is 0. The Morgan fingerprint density at radius 3 is 2.23 bits per heavy atom. The number of ether oxygens (including phenoxy) is 1. The smallest absolute Gasteiger partial charge is 0.338 e. The van der Waals surface area contributed by atoms with Crippen LogP contribution in [0.3, 0.4) is 0 Å². The molecule has 168 valence electrons. The number of aromatic amines is 1. The number of carbonyl (C=O) groups excluding carboxylic acids is 1. The number of nitrogens with one attached hydrogen (secondary N) is 1. The molecule has 1 aromatic carbocycles. The van der Waals surface area contributed by atoms with Crippen molar-refractivity contribution in [3.05, 3.63) is 40.5 Å². The normalized spacial score (nSPS) is 11.3. The number of hydrogen-bond donors (Lipinski definition) is 1. The van der Waals surface area contributed by atoms with Gasteiger partial charge in [0.2, 0.25) is 0 Å². The van der Waals surface area contributed by atoms with Crippen molar-refractivity contribution in [2.75, 3.05) is 6.61 Å². The number of nitrogens with zero attached hydrogens (tertiary/aromatic N) is 3. The highest BCUT2D eigenvalue weighted by Gasteiger charge is 2.14. The first kappa shape index (κ1) is 23.3. The second kappa shape index (κ2) is 11.9. The number of benzene rings is 1. The molecule has 6 nitrogen and oxygen atoms in total. The first-order chi connectivity index (χ1) is 15.1. The molecule has 0 saturated heterocycles. The van der Waals surface area contributed by atoms with Gasteiger partial charge >= 0.3 is 5.97 Å². The maximum absolute atomic E-state index is 12.3. The lowest BCUT2D eigenvalue weighted by atomic mass is 10.1. The zero-order valence-corrected chi connectivity index (χ0v) is 19.4. The zero-order chi connectivity index (χ0) is 22.1. The molecular weight excluding hydrogens is 412 g/mol. The third-order valence-electron chi connectivity index (χ3n) is 5.52. The van der Waals surface area contributed by atoms with E-state index in [0.717, 1.165) is 24.1 Å². The first-order valence-corrected chi connectivity index (χ1v) is 11.9. The van der Waals surface area contributed by atoms with Crippen LogP contribution in [0.5, 0.6) is 0 Å². The fraction of sp³-hybridized carbons (Fsp3) is 0.542. The molecule has 7 heteroatoms. The Hall–Kier alpha value is -2.34. The summed E-state index contributed by atoms with van der Waals surface area (Å²) in [5, 5.41) is 8.00. The van der Waals surface area contributed by atoms with E-state index in [1.165, 1.54) is 51.4 Å². The molecule has 0 radical (unpaired) electrons. The van der Waals surface area contributed by atoms with Crippen LogP contribution < -0.4 is 0 Å². The molecule has 3 rings (SSSR count). The van der Waals surface area contributed by atoms with E-state index in [2.05, 4.69) is 22.1 Å². The molecule has 0 amide bonds. The molecule has 31 heavy (non-hydrogen) atoms. The van der Waals surface area contributed by atoms with Gasteiger partial charge in [-0.25, -0.2) is 9.78 Å². The molecule has 1 N–H and O–H groups in total. The number of carbonyl (C=O) groups is 1. The summed E-state index contributed by atoms with van der Waals surface area (Å²) in [5.41, 5.74) is 2.77. The van der Waals surface area contributed by atoms with Crippen LogP contribution in [-0.2, 0) is 4.74 Å². The minimum Gasteiger partial charge on any atom is -0.462 e. The van der Waals surface area contributed by atoms with Crippen LogP contribution in [0.4, 0.5) is 0 Å². The lowest BCUT2D eigenvalue weighted by molar-refractivity contribution is 0.0497. The summed E-state index contributed by atoms with van der Waals surface area (Å²) >= 11 is 6.21. The monoisotopic (exact) mass is 444 g/mol. The van der Waals surface area contributed by atoms with Gasteiger partial charge in [0.1, 0.15) is 5.02 Å². The summed E-state index contributed by atoms with van der Waals surface area (Å²) < 4.78 is 6.97. The molecule has 0 spiro atoms. The second-order valence-corrected chi connectivity index (χ2v) is 8.49. The van der Waals surface area contributed by atoms with E-state index in [9.17, 15) is 4.79 Å². The Bertz CT molecular complexity index is 962. The number of aromatic nitrogens is 4. The van der Waals surface area contributed by atoms with Gasteiger partial charge in [0.25, 0.3) is 0 Å². The number of unbranched alkanes of at least 4 members (excludes halogenated alkanes) is 9. The fourth-order valence-corrected chi connectivity index (χ4v) is 3.79. The van der Waals surface area contributed by atoms with E-state index in [1.54, 1.807) is 16.8 Å². The third kappa shape index (κ3) is 6.57. The van der Waals surface area contributed by atoms with E-state index in [-0.39, 0.29) is 5.97 Å². The summed E-state index contributed by atoms with van der Waals surface area (Å²) in [6, 6.07) is 7.15. The molecule has 0 aliphatic heterocycles. The van der Waals surface area contributed by atoms with Gasteiger partial charge in [-0.2, -0.15) is 4.63 Å². The summed E-state index contributed by atoms with van der Waals surface area (Å²) in [5.74, 6) is 0.268. The van der Waals surface area contributed by atoms with Crippen LogP contribution in [0.25, 0.3) is 17.0 Å². The highest BCUT2D eigenvalue weighted by Crippen LogP contribution is 2.23. The molecule has 2 heterocycles. The predicted molar refractivity (Wildman–Crippen MR) is 125 cm³/mol. The van der Waals surface area contributed by atoms with Crippen molar-refractivity contribution in [2.45, 2.75) is 78.1 Å². The largest absolute Gasteiger partial charge is 0.462 e. The van der Waals surface area contributed by atoms with Gasteiger partial charge in [0, 0.05) is 5.56 Å². The van der Waals surface area contributed by atoms with Gasteiger partial charge in [-0.05, 0) is 25.5 Å². The fourth-order valence-electron chi connectivity index (χ4n) is 3.62. The number of fused-ring (bicyclic) bond motifs is 1. The average Bonchev–Trinajstić information content (AvgIpc) is 3.31. The summed E-state index contributed by atoms with van der Waals surface area (Å²) in [6.07, 6.45) is 12.6. The molecular formula is C24H33ClN4O2. The number of H-pyrrole nitrogens is 1. The van der Waals surface area contributed by atoms with Crippen LogP contribution in [0.15, 0.2) is 24.3 Å². The molecule has 3 aromatic rings. The Kier molecular flexibility index (Phi) is 8.95. The van der Waals surface area contributed by atoms with E-state index >= 15 is 0 Å². The van der Waals surface area contributed by atoms with Crippen molar-refractivity contribution in [3.8, 4) is 11.4 Å². The summed E-state index contributed by atoms with van der Waals surface area (Å²) in [6.45, 7) is 4.59. The Labute approximate surface area is 189 Å². The quantitative estimate of drug-likeness (QED) is 0.233. The molecule has 0 atom stereocenters. The highest BCUT2D eigenvalue weighted by atomic mass is 35.5. The molecule has 0 aliphatic carbocycles. The van der Waals surface area contributed by atoms with Crippen LogP contribution in [0.1, 0.15) is 87.2 Å². The Morgan fingerprint density at radius 2 is 1.61 bits per heavy atom. The van der Waals surface area contributed by atoms with Crippen molar-refractivity contribution in [1.82, 2.24) is 19.8 Å². The minimum absolute atomic E-state index is 0.286. The van der Waals surface area contributed by atoms with Crippen LogP contribution in [0, 0.1) is 6.92 Å². The molecule has 0 fully saturated rings. The van der Waals surface area contributed by atoms with E-state index in [0.29, 0.717) is 28.7 Å². The minimum atomic E-state index is -0.286. The Balaban J connectivity index is 1.35. The van der Waals surface area contributed by atoms with Gasteiger partial charge in [-0.15, -0.1) is 5.10 Å². The number of aryl methyl sites for hydroxylation is 1. The van der Waals surface area contributed by atoms with Gasteiger partial charge in [-0.3, -0.25) is 5.10 Å². The number of rotatable bonds is 13. The average molecular weight is 445 g/mol. The van der Waals surface area contributed by atoms with Crippen molar-refractivity contribution in [3.63, 3.8) is 0 Å². The zero-order valence-electron chi connectivity index (χ0n) is 18.6. The standard InChI is InChI=1S/C24H33ClN4O2/c1-3-4-5-6-7-8-9-10-11-12-17-31-24(30)20-15-13-19(14-16-20)22-26-23-21(25)18(2)27-29(23)28-22/h13-16,27H,3-12,17H2,1-2H3. The SMILES string of the molecule is CCCCCCCCCCCCOC(=O)c1ccc(-c2nc3c(Cl)c(C)[nH]n3n2)cc1. The lowest BCUT2D eigenvalue weighted by Gasteiger charge is -2.06. The van der Waals surface area contributed by atoms with Crippen LogP contribution >= 0.6 is 11.6 Å². The number of halogens is 1. The van der Waals surface area contributed by atoms with Crippen molar-refractivity contribution >= 4 is 23.2 Å². The van der Waals surface area contributed by atoms with Gasteiger partial charge in [0.15, 0.2) is 11.5 Å². The molecule has 0 saturated carbocycles. The maximum Gasteiger partial charge on any atom is 0.338 e. The maximum atomic E-state index is 12.3. The van der Waals surface area contributed by atoms with Crippen molar-refractivity contribution in [1.29, 1.82) is 0 Å². The van der Waals surface area contributed by atoms with Crippen molar-refractivity contribution in [2.24, 2.45) is 0 Å². The lowest BCUT2D eigenvalue weighted by Crippen LogP contribution is -2.06. The molecule has 2 aromatic heterocycles. The number of hydrogen-bond acceptors (Lipinski definition) is 4. The van der Waals surface area contributed by atoms with Gasteiger partial charge in [0.05, 0.1) is 17.9 Å². The van der Waals surface area contributed by atoms with Crippen LogP contribution in [-0.4, -0.2) is 32.4 Å². The molecule has 0 unspecified atom stereocenters. The van der Waals surface area contributed by atoms with Gasteiger partial charge in [-0.1, -0.05) is 88.4 Å². The van der Waals surface area contributed by atoms with E-state index < -0.39 is 0 Å². The predicted octanol–water partition coefficient (Wildman–Crippen LogP) is 6.76. The topological polar surface area (TPSA) is 72.3 Å². The first-order valence-electron chi connectivity index (χ1n) is 11.5. The molecule has 0 bridgehead atoms. The highest BCUT2D eigenvalue weighted by molar-refractivity contribution is 6.34.